The number of hydrogen-bond acceptors (Lipinski definition) is 3. The van der Waals surface area contributed by atoms with Crippen molar-refractivity contribution in [2.45, 2.75) is 26.4 Å². The van der Waals surface area contributed by atoms with Gasteiger partial charge in [-0.2, -0.15) is 0 Å². The normalized spacial score (nSPS) is 23.7. The molecule has 2 N–H and O–H groups in total. The molecule has 1 aromatic carbocycles. The second-order valence-corrected chi connectivity index (χ2v) is 5.97. The van der Waals surface area contributed by atoms with Crippen molar-refractivity contribution in [2.24, 2.45) is 5.41 Å². The van der Waals surface area contributed by atoms with Gasteiger partial charge in [0.1, 0.15) is 6.04 Å². The average molecular weight is 262 g/mol. The molecule has 104 valence electrons. The lowest BCUT2D eigenvalue weighted by Crippen LogP contribution is -2.46. The zero-order valence-corrected chi connectivity index (χ0v) is 11.6. The summed E-state index contributed by atoms with van der Waals surface area (Å²) >= 11 is 0. The summed E-state index contributed by atoms with van der Waals surface area (Å²) in [5, 5.41) is 12.4. The van der Waals surface area contributed by atoms with Gasteiger partial charge in [0, 0.05) is 19.6 Å². The van der Waals surface area contributed by atoms with Crippen molar-refractivity contribution in [3.05, 3.63) is 35.9 Å². The molecule has 1 heterocycles. The van der Waals surface area contributed by atoms with E-state index in [2.05, 4.69) is 24.1 Å². The van der Waals surface area contributed by atoms with E-state index in [1.54, 1.807) is 0 Å². The Morgan fingerprint density at radius 1 is 1.37 bits per heavy atom. The number of aliphatic hydroxyl groups excluding tert-OH is 1. The second-order valence-electron chi connectivity index (χ2n) is 5.97. The van der Waals surface area contributed by atoms with Crippen LogP contribution in [0.15, 0.2) is 30.3 Å². The van der Waals surface area contributed by atoms with Crippen molar-refractivity contribution in [1.29, 1.82) is 0 Å². The van der Waals surface area contributed by atoms with Crippen molar-refractivity contribution in [1.82, 2.24) is 10.2 Å². The molecule has 0 saturated carbocycles. The Kier molecular flexibility index (Phi) is 4.22. The van der Waals surface area contributed by atoms with Crippen LogP contribution in [0.2, 0.25) is 0 Å². The maximum Gasteiger partial charge on any atom is 0.239 e. The Bertz CT molecular complexity index is 431. The molecule has 4 nitrogen and oxygen atoms in total. The fourth-order valence-electron chi connectivity index (χ4n) is 2.51. The lowest BCUT2D eigenvalue weighted by atomic mass is 9.93. The van der Waals surface area contributed by atoms with E-state index >= 15 is 0 Å². The number of benzene rings is 1. The van der Waals surface area contributed by atoms with E-state index in [1.165, 1.54) is 0 Å². The zero-order chi connectivity index (χ0) is 13.9. The van der Waals surface area contributed by atoms with Gasteiger partial charge in [0.15, 0.2) is 0 Å². The van der Waals surface area contributed by atoms with Gasteiger partial charge >= 0.3 is 0 Å². The maximum absolute atomic E-state index is 12.0. The summed E-state index contributed by atoms with van der Waals surface area (Å²) in [5.74, 6) is -0.0796. The van der Waals surface area contributed by atoms with Gasteiger partial charge in [0.2, 0.25) is 5.91 Å². The first kappa shape index (κ1) is 14.0. The average Bonchev–Trinajstić information content (AvgIpc) is 2.48. The molecule has 1 aliphatic heterocycles. The number of carbonyl (C=O) groups excluding carboxylic acids is 1. The third-order valence-electron chi connectivity index (χ3n) is 3.52. The monoisotopic (exact) mass is 262 g/mol. The van der Waals surface area contributed by atoms with Crippen LogP contribution in [0.25, 0.3) is 0 Å². The predicted molar refractivity (Wildman–Crippen MR) is 74.5 cm³/mol. The number of rotatable bonds is 3. The van der Waals surface area contributed by atoms with Crippen LogP contribution in [-0.4, -0.2) is 41.7 Å². The molecule has 0 spiro atoms. The molecule has 1 atom stereocenters. The van der Waals surface area contributed by atoms with E-state index in [-0.39, 0.29) is 17.9 Å². The highest BCUT2D eigenvalue weighted by Gasteiger charge is 2.34. The Balaban J connectivity index is 2.19. The molecule has 0 bridgehead atoms. The van der Waals surface area contributed by atoms with Crippen molar-refractivity contribution in [2.75, 3.05) is 19.7 Å². The molecule has 0 aromatic heterocycles. The van der Waals surface area contributed by atoms with E-state index < -0.39 is 6.04 Å². The third kappa shape index (κ3) is 3.55. The largest absolute Gasteiger partial charge is 0.394 e. The molecule has 1 aromatic rings. The summed E-state index contributed by atoms with van der Waals surface area (Å²) in [4.78, 5) is 14.1. The van der Waals surface area contributed by atoms with E-state index in [0.29, 0.717) is 13.1 Å². The number of carbonyl (C=O) groups is 1. The standard InChI is InChI=1S/C15H22N2O2/c1-15(2)10-16-14(19)13(9-18)17(11-15)8-12-6-4-3-5-7-12/h3-7,13,18H,8-11H2,1-2H3,(H,16,19). The van der Waals surface area contributed by atoms with Gasteiger partial charge in [0.25, 0.3) is 0 Å². The van der Waals surface area contributed by atoms with Crippen LogP contribution in [-0.2, 0) is 11.3 Å². The highest BCUT2D eigenvalue weighted by molar-refractivity contribution is 5.82. The lowest BCUT2D eigenvalue weighted by molar-refractivity contribution is -0.127. The lowest BCUT2D eigenvalue weighted by Gasteiger charge is -2.31. The molecule has 1 fully saturated rings. The van der Waals surface area contributed by atoms with Crippen molar-refractivity contribution >= 4 is 5.91 Å². The Labute approximate surface area is 114 Å². The van der Waals surface area contributed by atoms with Crippen LogP contribution in [0.5, 0.6) is 0 Å². The molecular formula is C15H22N2O2. The first-order chi connectivity index (χ1) is 9.02. The molecule has 1 saturated heterocycles. The Hall–Kier alpha value is -1.39. The molecule has 4 heteroatoms. The minimum atomic E-state index is -0.456. The summed E-state index contributed by atoms with van der Waals surface area (Å²) in [6.45, 7) is 6.23. The van der Waals surface area contributed by atoms with E-state index in [4.69, 9.17) is 0 Å². The summed E-state index contributed by atoms with van der Waals surface area (Å²) < 4.78 is 0. The molecule has 0 aliphatic carbocycles. The van der Waals surface area contributed by atoms with Crippen molar-refractivity contribution in [3.63, 3.8) is 0 Å². The molecule has 1 aliphatic rings. The van der Waals surface area contributed by atoms with Crippen LogP contribution >= 0.6 is 0 Å². The van der Waals surface area contributed by atoms with Gasteiger partial charge in [-0.25, -0.2) is 0 Å². The zero-order valence-electron chi connectivity index (χ0n) is 11.6. The van der Waals surface area contributed by atoms with Crippen LogP contribution in [0.1, 0.15) is 19.4 Å². The number of nitrogens with zero attached hydrogens (tertiary/aromatic N) is 1. The number of hydrogen-bond donors (Lipinski definition) is 2. The van der Waals surface area contributed by atoms with Crippen molar-refractivity contribution < 1.29 is 9.90 Å². The van der Waals surface area contributed by atoms with Gasteiger partial charge in [-0.05, 0) is 11.0 Å². The topological polar surface area (TPSA) is 52.6 Å². The number of nitrogens with one attached hydrogen (secondary N) is 1. The summed E-state index contributed by atoms with van der Waals surface area (Å²) in [5.41, 5.74) is 1.17. The van der Waals surface area contributed by atoms with Gasteiger partial charge in [-0.1, -0.05) is 44.2 Å². The number of aliphatic hydroxyl groups is 1. The van der Waals surface area contributed by atoms with E-state index in [0.717, 1.165) is 12.1 Å². The molecule has 1 amide bonds. The highest BCUT2D eigenvalue weighted by Crippen LogP contribution is 2.22. The number of amides is 1. The predicted octanol–water partition coefficient (Wildman–Crippen LogP) is 1.01. The van der Waals surface area contributed by atoms with Gasteiger partial charge < -0.3 is 10.4 Å². The van der Waals surface area contributed by atoms with E-state index in [9.17, 15) is 9.90 Å². The van der Waals surface area contributed by atoms with Crippen LogP contribution < -0.4 is 5.32 Å². The summed E-state index contributed by atoms with van der Waals surface area (Å²) in [7, 11) is 0. The SMILES string of the molecule is CC1(C)CNC(=O)C(CO)N(Cc2ccccc2)C1. The highest BCUT2D eigenvalue weighted by atomic mass is 16.3. The second kappa shape index (κ2) is 5.72. The molecule has 0 radical (unpaired) electrons. The Morgan fingerprint density at radius 2 is 2.05 bits per heavy atom. The quantitative estimate of drug-likeness (QED) is 0.854. The van der Waals surface area contributed by atoms with Crippen molar-refractivity contribution in [3.8, 4) is 0 Å². The Morgan fingerprint density at radius 3 is 2.68 bits per heavy atom. The molecule has 2 rings (SSSR count). The van der Waals surface area contributed by atoms with E-state index in [1.807, 2.05) is 30.3 Å². The summed E-state index contributed by atoms with van der Waals surface area (Å²) in [6.07, 6.45) is 0. The first-order valence-corrected chi connectivity index (χ1v) is 6.68. The molecular weight excluding hydrogens is 240 g/mol. The maximum atomic E-state index is 12.0. The minimum absolute atomic E-state index is 0.00829. The molecule has 19 heavy (non-hydrogen) atoms. The smallest absolute Gasteiger partial charge is 0.239 e. The summed E-state index contributed by atoms with van der Waals surface area (Å²) in [6, 6.07) is 9.60. The first-order valence-electron chi connectivity index (χ1n) is 6.68. The fourth-order valence-corrected chi connectivity index (χ4v) is 2.51. The van der Waals surface area contributed by atoms with Crippen LogP contribution in [0, 0.1) is 5.41 Å². The van der Waals surface area contributed by atoms with Gasteiger partial charge in [-0.3, -0.25) is 9.69 Å². The van der Waals surface area contributed by atoms with Gasteiger partial charge in [0.05, 0.1) is 6.61 Å². The molecule has 1 unspecified atom stereocenters. The van der Waals surface area contributed by atoms with Crippen LogP contribution in [0.3, 0.4) is 0 Å². The fraction of sp³-hybridized carbons (Fsp3) is 0.533. The third-order valence-corrected chi connectivity index (χ3v) is 3.52. The van der Waals surface area contributed by atoms with Gasteiger partial charge in [-0.15, -0.1) is 0 Å². The van der Waals surface area contributed by atoms with Crippen LogP contribution in [0.4, 0.5) is 0 Å². The minimum Gasteiger partial charge on any atom is -0.394 e.